The Labute approximate surface area is 73.8 Å². The van der Waals surface area contributed by atoms with Crippen LogP contribution < -0.4 is 5.32 Å². The number of nitrogens with zero attached hydrogens (tertiary/aromatic N) is 1. The second kappa shape index (κ2) is 3.29. The lowest BCUT2D eigenvalue weighted by Crippen LogP contribution is -2.59. The summed E-state index contributed by atoms with van der Waals surface area (Å²) in [7, 11) is 1.37. The smallest absolute Gasteiger partial charge is 0.297 e. The van der Waals surface area contributed by atoms with Gasteiger partial charge in [-0.15, -0.1) is 0 Å². The molecule has 1 amide bonds. The first-order chi connectivity index (χ1) is 6.08. The summed E-state index contributed by atoms with van der Waals surface area (Å²) >= 11 is 0. The highest BCUT2D eigenvalue weighted by Crippen LogP contribution is 2.26. The molecule has 0 aromatic carbocycles. The molecule has 7 nitrogen and oxygen atoms in total. The Hall–Kier alpha value is -1.18. The summed E-state index contributed by atoms with van der Waals surface area (Å²) in [6.07, 6.45) is 0.0741. The van der Waals surface area contributed by atoms with Gasteiger partial charge in [0.05, 0.1) is 0 Å². The monoisotopic (exact) mass is 190 g/mol. The van der Waals surface area contributed by atoms with Gasteiger partial charge in [0.15, 0.2) is 0 Å². The SMILES string of the molecule is CNC1(C(=O)OO)CCC(=O)N1O. The van der Waals surface area contributed by atoms with Crippen molar-refractivity contribution in [1.82, 2.24) is 10.4 Å². The van der Waals surface area contributed by atoms with Crippen LogP contribution in [0.4, 0.5) is 0 Å². The van der Waals surface area contributed by atoms with Crippen molar-refractivity contribution in [2.24, 2.45) is 0 Å². The molecule has 0 spiro atoms. The topological polar surface area (TPSA) is 99.1 Å². The van der Waals surface area contributed by atoms with Gasteiger partial charge < -0.3 is 0 Å². The Balaban J connectivity index is 2.94. The van der Waals surface area contributed by atoms with Crippen LogP contribution in [0.25, 0.3) is 0 Å². The fourth-order valence-electron chi connectivity index (χ4n) is 1.31. The minimum atomic E-state index is -1.65. The summed E-state index contributed by atoms with van der Waals surface area (Å²) in [6, 6.07) is 0. The fourth-order valence-corrected chi connectivity index (χ4v) is 1.31. The van der Waals surface area contributed by atoms with Crippen molar-refractivity contribution in [3.8, 4) is 0 Å². The molecule has 7 heteroatoms. The van der Waals surface area contributed by atoms with E-state index in [0.29, 0.717) is 0 Å². The van der Waals surface area contributed by atoms with Gasteiger partial charge in [-0.05, 0) is 7.05 Å². The number of likely N-dealkylation sites (N-methyl/N-ethyl adjacent to an activating group) is 1. The van der Waals surface area contributed by atoms with Gasteiger partial charge in [0.1, 0.15) is 0 Å². The Bertz CT molecular complexity index is 243. The maximum Gasteiger partial charge on any atom is 0.384 e. The molecule has 13 heavy (non-hydrogen) atoms. The Kier molecular flexibility index (Phi) is 2.50. The fraction of sp³-hybridized carbons (Fsp3) is 0.667. The third kappa shape index (κ3) is 1.26. The number of hydroxylamine groups is 2. The second-order valence-electron chi connectivity index (χ2n) is 2.69. The minimum Gasteiger partial charge on any atom is -0.297 e. The van der Waals surface area contributed by atoms with Crippen molar-refractivity contribution < 1.29 is 24.9 Å². The lowest BCUT2D eigenvalue weighted by Gasteiger charge is -2.29. The van der Waals surface area contributed by atoms with Crippen LogP contribution in [-0.2, 0) is 14.5 Å². The largest absolute Gasteiger partial charge is 0.384 e. The van der Waals surface area contributed by atoms with E-state index in [1.165, 1.54) is 7.05 Å². The molecule has 0 aromatic heterocycles. The normalized spacial score (nSPS) is 27.9. The van der Waals surface area contributed by atoms with Crippen molar-refractivity contribution in [2.45, 2.75) is 18.5 Å². The van der Waals surface area contributed by atoms with Gasteiger partial charge in [-0.25, -0.2) is 4.79 Å². The number of hydrogen-bond donors (Lipinski definition) is 3. The van der Waals surface area contributed by atoms with E-state index in [0.717, 1.165) is 0 Å². The van der Waals surface area contributed by atoms with Gasteiger partial charge in [-0.1, -0.05) is 0 Å². The summed E-state index contributed by atoms with van der Waals surface area (Å²) < 4.78 is 0. The van der Waals surface area contributed by atoms with E-state index >= 15 is 0 Å². The van der Waals surface area contributed by atoms with E-state index in [4.69, 9.17) is 5.26 Å². The average molecular weight is 190 g/mol. The summed E-state index contributed by atoms with van der Waals surface area (Å²) in [5.74, 6) is -1.71. The number of amides is 1. The van der Waals surface area contributed by atoms with Crippen molar-refractivity contribution in [1.29, 1.82) is 0 Å². The zero-order valence-corrected chi connectivity index (χ0v) is 6.98. The van der Waals surface area contributed by atoms with E-state index in [1.807, 2.05) is 0 Å². The minimum absolute atomic E-state index is 0.0203. The molecule has 1 saturated heterocycles. The van der Waals surface area contributed by atoms with Crippen molar-refractivity contribution in [2.75, 3.05) is 7.05 Å². The third-order valence-electron chi connectivity index (χ3n) is 2.13. The quantitative estimate of drug-likeness (QED) is 0.291. The number of carbonyl (C=O) groups excluding carboxylic acids is 2. The molecule has 1 fully saturated rings. The van der Waals surface area contributed by atoms with Crippen LogP contribution >= 0.6 is 0 Å². The molecule has 74 valence electrons. The second-order valence-corrected chi connectivity index (χ2v) is 2.69. The molecule has 1 atom stereocenters. The van der Waals surface area contributed by atoms with Gasteiger partial charge in [0.2, 0.25) is 11.6 Å². The highest BCUT2D eigenvalue weighted by molar-refractivity contribution is 5.90. The lowest BCUT2D eigenvalue weighted by molar-refractivity contribution is -0.260. The molecular formula is C6H10N2O5. The average Bonchev–Trinajstić information content (AvgIpc) is 2.44. The molecule has 1 aliphatic heterocycles. The van der Waals surface area contributed by atoms with E-state index < -0.39 is 17.5 Å². The maximum absolute atomic E-state index is 11.0. The Morgan fingerprint density at radius 1 is 1.77 bits per heavy atom. The maximum atomic E-state index is 11.0. The van der Waals surface area contributed by atoms with Gasteiger partial charge in [0, 0.05) is 12.8 Å². The van der Waals surface area contributed by atoms with Gasteiger partial charge in [-0.3, -0.25) is 20.2 Å². The van der Waals surface area contributed by atoms with Crippen LogP contribution in [0.3, 0.4) is 0 Å². The molecule has 0 aromatic rings. The third-order valence-corrected chi connectivity index (χ3v) is 2.13. The van der Waals surface area contributed by atoms with E-state index in [-0.39, 0.29) is 17.9 Å². The Morgan fingerprint density at radius 2 is 2.38 bits per heavy atom. The molecule has 1 heterocycles. The molecule has 3 N–H and O–H groups in total. The molecule has 0 bridgehead atoms. The number of rotatable bonds is 2. The standard InChI is InChI=1S/C6H10N2O5/c1-7-6(5(10)13-12)3-2-4(9)8(6)11/h7,11-12H,2-3H2,1H3. The van der Waals surface area contributed by atoms with Crippen LogP contribution in [0.15, 0.2) is 0 Å². The molecule has 1 rings (SSSR count). The van der Waals surface area contributed by atoms with Gasteiger partial charge >= 0.3 is 5.97 Å². The Morgan fingerprint density at radius 3 is 2.69 bits per heavy atom. The van der Waals surface area contributed by atoms with E-state index in [9.17, 15) is 14.8 Å². The molecule has 0 aliphatic carbocycles. The predicted molar refractivity (Wildman–Crippen MR) is 38.4 cm³/mol. The van der Waals surface area contributed by atoms with E-state index in [2.05, 4.69) is 10.2 Å². The van der Waals surface area contributed by atoms with E-state index in [1.54, 1.807) is 0 Å². The summed E-state index contributed by atoms with van der Waals surface area (Å²) in [5, 5.41) is 20.0. The van der Waals surface area contributed by atoms with Crippen molar-refractivity contribution in [3.05, 3.63) is 0 Å². The first-order valence-corrected chi connectivity index (χ1v) is 3.65. The van der Waals surface area contributed by atoms with Gasteiger partial charge in [-0.2, -0.15) is 10.3 Å². The van der Waals surface area contributed by atoms with Crippen molar-refractivity contribution >= 4 is 11.9 Å². The summed E-state index contributed by atoms with van der Waals surface area (Å²) in [4.78, 5) is 25.4. The first kappa shape index (κ1) is 9.90. The van der Waals surface area contributed by atoms with Crippen LogP contribution in [0.1, 0.15) is 12.8 Å². The summed E-state index contributed by atoms with van der Waals surface area (Å²) in [6.45, 7) is 0. The molecule has 0 radical (unpaired) electrons. The van der Waals surface area contributed by atoms with Gasteiger partial charge in [0.25, 0.3) is 0 Å². The van der Waals surface area contributed by atoms with Crippen LogP contribution in [0.5, 0.6) is 0 Å². The zero-order chi connectivity index (χ0) is 10.1. The van der Waals surface area contributed by atoms with Crippen LogP contribution in [0.2, 0.25) is 0 Å². The summed E-state index contributed by atoms with van der Waals surface area (Å²) in [5.41, 5.74) is -1.65. The number of carbonyl (C=O) groups is 2. The molecule has 1 unspecified atom stereocenters. The number of nitrogens with one attached hydrogen (secondary N) is 1. The molecular weight excluding hydrogens is 180 g/mol. The molecule has 1 aliphatic rings. The highest BCUT2D eigenvalue weighted by Gasteiger charge is 2.52. The van der Waals surface area contributed by atoms with Crippen LogP contribution in [0, 0.1) is 0 Å². The molecule has 0 saturated carbocycles. The van der Waals surface area contributed by atoms with Crippen LogP contribution in [-0.4, -0.2) is 40.1 Å². The highest BCUT2D eigenvalue weighted by atomic mass is 17.1. The zero-order valence-electron chi connectivity index (χ0n) is 6.98. The number of hydrogen-bond acceptors (Lipinski definition) is 6. The first-order valence-electron chi connectivity index (χ1n) is 3.65. The van der Waals surface area contributed by atoms with Crippen molar-refractivity contribution in [3.63, 3.8) is 0 Å². The lowest BCUT2D eigenvalue weighted by atomic mass is 10.1. The predicted octanol–water partition coefficient (Wildman–Crippen LogP) is -1.07.